The Kier molecular flexibility index (Phi) is 6.38. The van der Waals surface area contributed by atoms with Crippen LogP contribution in [0.25, 0.3) is 11.0 Å². The zero-order valence-electron chi connectivity index (χ0n) is 17.3. The Morgan fingerprint density at radius 3 is 2.62 bits per heavy atom. The van der Waals surface area contributed by atoms with E-state index in [1.54, 1.807) is 24.3 Å². The number of rotatable bonds is 7. The molecule has 0 aliphatic heterocycles. The van der Waals surface area contributed by atoms with E-state index in [0.29, 0.717) is 29.3 Å². The molecule has 1 amide bonds. The molecular formula is C23H27ClN4O. The van der Waals surface area contributed by atoms with E-state index in [9.17, 15) is 4.79 Å². The molecule has 0 unspecified atom stereocenters. The lowest BCUT2D eigenvalue weighted by molar-refractivity contribution is 0.0747. The number of aromatic nitrogens is 2. The summed E-state index contributed by atoms with van der Waals surface area (Å²) in [4.78, 5) is 19.0. The van der Waals surface area contributed by atoms with Crippen LogP contribution in [0.2, 0.25) is 5.02 Å². The van der Waals surface area contributed by atoms with Gasteiger partial charge >= 0.3 is 0 Å². The Morgan fingerprint density at radius 1 is 1.21 bits per heavy atom. The standard InChI is InChI=1S/C23H27ClN4O/c1-15(2)20(25)11-16(3)27(4)23(29)17-9-10-18(19(24)12-17)13-28-14-26-21-7-5-6-8-22(21)28/h5-10,12,14-16,25H,11,13H2,1-4H3/t16-/m1/s1. The van der Waals surface area contributed by atoms with Gasteiger partial charge < -0.3 is 14.9 Å². The molecule has 2 aromatic carbocycles. The molecule has 0 aliphatic rings. The number of hydrogen-bond donors (Lipinski definition) is 1. The molecule has 1 aromatic heterocycles. The molecule has 3 rings (SSSR count). The third-order valence-corrected chi connectivity index (χ3v) is 5.71. The van der Waals surface area contributed by atoms with Crippen molar-refractivity contribution in [3.05, 3.63) is 64.9 Å². The van der Waals surface area contributed by atoms with Crippen molar-refractivity contribution in [2.24, 2.45) is 5.92 Å². The van der Waals surface area contributed by atoms with Crippen LogP contribution in [0.5, 0.6) is 0 Å². The van der Waals surface area contributed by atoms with Crippen LogP contribution >= 0.6 is 11.6 Å². The maximum absolute atomic E-state index is 12.9. The van der Waals surface area contributed by atoms with Crippen molar-refractivity contribution in [3.8, 4) is 0 Å². The highest BCUT2D eigenvalue weighted by Crippen LogP contribution is 2.22. The number of nitrogens with one attached hydrogen (secondary N) is 1. The summed E-state index contributed by atoms with van der Waals surface area (Å²) in [6, 6.07) is 13.4. The number of nitrogens with zero attached hydrogens (tertiary/aromatic N) is 3. The SMILES string of the molecule is CC(C)C(=N)C[C@@H](C)N(C)C(=O)c1ccc(Cn2cnc3ccccc32)c(Cl)c1. The van der Waals surface area contributed by atoms with E-state index >= 15 is 0 Å². The van der Waals surface area contributed by atoms with Crippen LogP contribution in [-0.2, 0) is 6.54 Å². The molecular weight excluding hydrogens is 384 g/mol. The highest BCUT2D eigenvalue weighted by atomic mass is 35.5. The van der Waals surface area contributed by atoms with Crippen LogP contribution in [0, 0.1) is 11.3 Å². The second-order valence-electron chi connectivity index (χ2n) is 7.82. The molecule has 1 atom stereocenters. The number of carbonyl (C=O) groups is 1. The monoisotopic (exact) mass is 410 g/mol. The topological polar surface area (TPSA) is 62.0 Å². The first-order valence-corrected chi connectivity index (χ1v) is 10.2. The molecule has 0 saturated heterocycles. The number of carbonyl (C=O) groups excluding carboxylic acids is 1. The van der Waals surface area contributed by atoms with Gasteiger partial charge in [0.25, 0.3) is 5.91 Å². The minimum absolute atomic E-state index is 0.0480. The lowest BCUT2D eigenvalue weighted by atomic mass is 10.0. The Bertz CT molecular complexity index is 1040. The largest absolute Gasteiger partial charge is 0.339 e. The molecule has 0 spiro atoms. The van der Waals surface area contributed by atoms with Crippen molar-refractivity contribution in [3.63, 3.8) is 0 Å². The number of imidazole rings is 1. The second-order valence-corrected chi connectivity index (χ2v) is 8.22. The number of para-hydroxylation sites is 2. The van der Waals surface area contributed by atoms with Gasteiger partial charge in [-0.05, 0) is 42.7 Å². The fourth-order valence-corrected chi connectivity index (χ4v) is 3.46. The zero-order chi connectivity index (χ0) is 21.1. The Hall–Kier alpha value is -2.66. The summed E-state index contributed by atoms with van der Waals surface area (Å²) in [6.45, 7) is 6.55. The molecule has 0 aliphatic carbocycles. The smallest absolute Gasteiger partial charge is 0.253 e. The van der Waals surface area contributed by atoms with Gasteiger partial charge in [-0.2, -0.15) is 0 Å². The van der Waals surface area contributed by atoms with Crippen molar-refractivity contribution in [1.82, 2.24) is 14.5 Å². The fraction of sp³-hybridized carbons (Fsp3) is 0.348. The van der Waals surface area contributed by atoms with Crippen molar-refractivity contribution in [1.29, 1.82) is 5.41 Å². The number of amides is 1. The molecule has 0 radical (unpaired) electrons. The maximum Gasteiger partial charge on any atom is 0.253 e. The van der Waals surface area contributed by atoms with Crippen LogP contribution in [-0.4, -0.2) is 39.2 Å². The molecule has 6 heteroatoms. The lowest BCUT2D eigenvalue weighted by Crippen LogP contribution is -2.37. The molecule has 1 heterocycles. The third kappa shape index (κ3) is 4.67. The minimum atomic E-state index is -0.0874. The summed E-state index contributed by atoms with van der Waals surface area (Å²) in [6.07, 6.45) is 2.37. The highest BCUT2D eigenvalue weighted by molar-refractivity contribution is 6.31. The van der Waals surface area contributed by atoms with Gasteiger partial charge in [-0.15, -0.1) is 0 Å². The number of halogens is 1. The summed E-state index contributed by atoms with van der Waals surface area (Å²) in [5.41, 5.74) is 4.13. The van der Waals surface area contributed by atoms with Gasteiger partial charge in [-0.1, -0.05) is 43.6 Å². The number of hydrogen-bond acceptors (Lipinski definition) is 3. The van der Waals surface area contributed by atoms with E-state index in [1.165, 1.54) is 0 Å². The van der Waals surface area contributed by atoms with E-state index < -0.39 is 0 Å². The van der Waals surface area contributed by atoms with Crippen LogP contribution < -0.4 is 0 Å². The Balaban J connectivity index is 1.74. The first kappa shape index (κ1) is 21.1. The minimum Gasteiger partial charge on any atom is -0.339 e. The third-order valence-electron chi connectivity index (χ3n) is 5.36. The van der Waals surface area contributed by atoms with E-state index in [1.807, 2.05) is 61.7 Å². The van der Waals surface area contributed by atoms with Crippen molar-refractivity contribution in [2.45, 2.75) is 39.8 Å². The predicted octanol–water partition coefficient (Wildman–Crippen LogP) is 5.26. The van der Waals surface area contributed by atoms with Crippen molar-refractivity contribution < 1.29 is 4.79 Å². The highest BCUT2D eigenvalue weighted by Gasteiger charge is 2.20. The van der Waals surface area contributed by atoms with Gasteiger partial charge in [0.15, 0.2) is 0 Å². The van der Waals surface area contributed by atoms with Crippen LogP contribution in [0.3, 0.4) is 0 Å². The maximum atomic E-state index is 12.9. The predicted molar refractivity (Wildman–Crippen MR) is 119 cm³/mol. The lowest BCUT2D eigenvalue weighted by Gasteiger charge is -2.26. The summed E-state index contributed by atoms with van der Waals surface area (Å²) >= 11 is 6.51. The zero-order valence-corrected chi connectivity index (χ0v) is 18.1. The molecule has 152 valence electrons. The average molecular weight is 411 g/mol. The number of fused-ring (bicyclic) bond motifs is 1. The van der Waals surface area contributed by atoms with Gasteiger partial charge in [0.05, 0.1) is 23.9 Å². The average Bonchev–Trinajstić information content (AvgIpc) is 3.11. The van der Waals surface area contributed by atoms with Crippen LogP contribution in [0.4, 0.5) is 0 Å². The Labute approximate surface area is 176 Å². The first-order valence-electron chi connectivity index (χ1n) is 9.80. The van der Waals surface area contributed by atoms with Gasteiger partial charge in [0.2, 0.25) is 0 Å². The van der Waals surface area contributed by atoms with Gasteiger partial charge in [-0.25, -0.2) is 4.98 Å². The second kappa shape index (κ2) is 8.78. The van der Waals surface area contributed by atoms with E-state index in [-0.39, 0.29) is 17.9 Å². The molecule has 29 heavy (non-hydrogen) atoms. The van der Waals surface area contributed by atoms with Crippen molar-refractivity contribution >= 4 is 34.3 Å². The first-order chi connectivity index (χ1) is 13.8. The van der Waals surface area contributed by atoms with Gasteiger partial charge in [-0.3, -0.25) is 4.79 Å². The quantitative estimate of drug-likeness (QED) is 0.539. The van der Waals surface area contributed by atoms with Crippen LogP contribution in [0.15, 0.2) is 48.8 Å². The molecule has 1 N–H and O–H groups in total. The van der Waals surface area contributed by atoms with E-state index in [4.69, 9.17) is 17.0 Å². The van der Waals surface area contributed by atoms with E-state index in [2.05, 4.69) is 4.98 Å². The molecule has 0 fully saturated rings. The molecule has 5 nitrogen and oxygen atoms in total. The molecule has 0 saturated carbocycles. The summed E-state index contributed by atoms with van der Waals surface area (Å²) in [5.74, 6) is 0.101. The van der Waals surface area contributed by atoms with Crippen LogP contribution in [0.1, 0.15) is 43.1 Å². The normalized spacial score (nSPS) is 12.3. The number of benzene rings is 2. The summed E-state index contributed by atoms with van der Waals surface area (Å²) in [5, 5.41) is 8.62. The fourth-order valence-electron chi connectivity index (χ4n) is 3.22. The molecule has 3 aromatic rings. The summed E-state index contributed by atoms with van der Waals surface area (Å²) < 4.78 is 2.05. The Morgan fingerprint density at radius 2 is 1.93 bits per heavy atom. The van der Waals surface area contributed by atoms with Gasteiger partial charge in [0.1, 0.15) is 0 Å². The summed E-state index contributed by atoms with van der Waals surface area (Å²) in [7, 11) is 1.78. The van der Waals surface area contributed by atoms with Crippen molar-refractivity contribution in [2.75, 3.05) is 7.05 Å². The van der Waals surface area contributed by atoms with Gasteiger partial charge in [0, 0.05) is 35.8 Å². The molecule has 0 bridgehead atoms. The van der Waals surface area contributed by atoms with E-state index in [0.717, 1.165) is 16.6 Å².